The molecule has 0 aliphatic carbocycles. The third kappa shape index (κ3) is 6.16. The van der Waals surface area contributed by atoms with E-state index in [-0.39, 0.29) is 5.41 Å². The van der Waals surface area contributed by atoms with Gasteiger partial charge in [-0.15, -0.1) is 9.24 Å². The minimum absolute atomic E-state index is 0.200. The zero-order chi connectivity index (χ0) is 11.8. The van der Waals surface area contributed by atoms with E-state index in [2.05, 4.69) is 49.6 Å². The third-order valence-corrected chi connectivity index (χ3v) is 1.99. The number of hydrogen-bond donors (Lipinski definition) is 0. The summed E-state index contributed by atoms with van der Waals surface area (Å²) in [5.74, 6) is 1.99. The van der Waals surface area contributed by atoms with Gasteiger partial charge in [-0.05, 0) is 23.5 Å². The van der Waals surface area contributed by atoms with Crippen LogP contribution in [0.25, 0.3) is 0 Å². The Hall–Kier alpha value is -0.350. The Bertz CT molecular complexity index is 214. The Morgan fingerprint density at radius 2 is 1.64 bits per heavy atom. The van der Waals surface area contributed by atoms with E-state index in [1.54, 1.807) is 0 Å². The van der Waals surface area contributed by atoms with Crippen molar-refractivity contribution >= 4 is 9.24 Å². The summed E-state index contributed by atoms with van der Waals surface area (Å²) in [5.41, 5.74) is 2.79. The van der Waals surface area contributed by atoms with E-state index in [4.69, 9.17) is 0 Å². The molecule has 82 valence electrons. The Morgan fingerprint density at radius 1 is 1.21 bits per heavy atom. The molecular formula is C13H25P. The maximum absolute atomic E-state index is 3.78. The molecule has 0 bridgehead atoms. The SMILES string of the molecule is C=C/C(C)=C(/C=C/P)C(C)(C)C.CC. The fourth-order valence-corrected chi connectivity index (χ4v) is 1.37. The number of allylic oxidation sites excluding steroid dienone is 4. The third-order valence-electron chi connectivity index (χ3n) is 1.80. The molecule has 0 aromatic heterocycles. The molecule has 0 nitrogen and oxygen atoms in total. The Morgan fingerprint density at radius 3 is 1.86 bits per heavy atom. The monoisotopic (exact) mass is 212 g/mol. The second-order valence-corrected chi connectivity index (χ2v) is 4.29. The summed E-state index contributed by atoms with van der Waals surface area (Å²) < 4.78 is 0. The summed E-state index contributed by atoms with van der Waals surface area (Å²) >= 11 is 0. The lowest BCUT2D eigenvalue weighted by molar-refractivity contribution is 0.513. The topological polar surface area (TPSA) is 0 Å². The van der Waals surface area contributed by atoms with Crippen molar-refractivity contribution in [3.05, 3.63) is 35.7 Å². The fourth-order valence-electron chi connectivity index (χ4n) is 1.18. The van der Waals surface area contributed by atoms with Crippen molar-refractivity contribution in [1.29, 1.82) is 0 Å². The lowest BCUT2D eigenvalue weighted by atomic mass is 9.83. The van der Waals surface area contributed by atoms with Gasteiger partial charge in [0.05, 0.1) is 0 Å². The molecule has 0 aromatic rings. The first kappa shape index (κ1) is 16.1. The molecule has 0 heterocycles. The summed E-state index contributed by atoms with van der Waals surface area (Å²) in [7, 11) is 2.60. The summed E-state index contributed by atoms with van der Waals surface area (Å²) in [6, 6.07) is 0. The van der Waals surface area contributed by atoms with Gasteiger partial charge in [-0.25, -0.2) is 0 Å². The Balaban J connectivity index is 0. The van der Waals surface area contributed by atoms with Crippen LogP contribution in [-0.4, -0.2) is 0 Å². The van der Waals surface area contributed by atoms with Gasteiger partial charge >= 0.3 is 0 Å². The van der Waals surface area contributed by atoms with Gasteiger partial charge in [-0.1, -0.05) is 59.2 Å². The van der Waals surface area contributed by atoms with Crippen LogP contribution in [0, 0.1) is 5.41 Å². The first-order chi connectivity index (χ1) is 6.43. The van der Waals surface area contributed by atoms with Crippen LogP contribution in [0.5, 0.6) is 0 Å². The van der Waals surface area contributed by atoms with E-state index >= 15 is 0 Å². The molecule has 0 amide bonds. The van der Waals surface area contributed by atoms with Crippen molar-refractivity contribution in [2.45, 2.75) is 41.5 Å². The van der Waals surface area contributed by atoms with Crippen molar-refractivity contribution in [2.75, 3.05) is 0 Å². The zero-order valence-corrected chi connectivity index (χ0v) is 11.7. The summed E-state index contributed by atoms with van der Waals surface area (Å²) in [6.45, 7) is 16.5. The minimum atomic E-state index is 0.200. The maximum Gasteiger partial charge on any atom is -0.0129 e. The number of rotatable bonds is 2. The van der Waals surface area contributed by atoms with E-state index in [0.29, 0.717) is 0 Å². The fraction of sp³-hybridized carbons (Fsp3) is 0.538. The predicted molar refractivity (Wildman–Crippen MR) is 72.6 cm³/mol. The van der Waals surface area contributed by atoms with Gasteiger partial charge in [0, 0.05) is 0 Å². The molecule has 0 saturated heterocycles. The second kappa shape index (κ2) is 8.00. The van der Waals surface area contributed by atoms with Gasteiger partial charge < -0.3 is 0 Å². The van der Waals surface area contributed by atoms with Crippen LogP contribution >= 0.6 is 9.24 Å². The molecule has 1 heteroatoms. The first-order valence-corrected chi connectivity index (χ1v) is 5.82. The van der Waals surface area contributed by atoms with Crippen LogP contribution in [0.15, 0.2) is 35.7 Å². The van der Waals surface area contributed by atoms with Gasteiger partial charge in [-0.3, -0.25) is 0 Å². The molecule has 0 spiro atoms. The molecule has 0 aliphatic heterocycles. The predicted octanol–water partition coefficient (Wildman–Crippen LogP) is 4.95. The largest absolute Gasteiger partial charge is 0.114 e. The van der Waals surface area contributed by atoms with Crippen LogP contribution in [0.1, 0.15) is 41.5 Å². The quantitative estimate of drug-likeness (QED) is 0.449. The van der Waals surface area contributed by atoms with Crippen LogP contribution in [0.2, 0.25) is 0 Å². The van der Waals surface area contributed by atoms with Crippen LogP contribution in [0.4, 0.5) is 0 Å². The van der Waals surface area contributed by atoms with Gasteiger partial charge in [0.25, 0.3) is 0 Å². The summed E-state index contributed by atoms with van der Waals surface area (Å²) in [5, 5.41) is 0. The minimum Gasteiger partial charge on any atom is -0.114 e. The normalized spacial score (nSPS) is 13.1. The average Bonchev–Trinajstić information content (AvgIpc) is 2.14. The molecule has 0 N–H and O–H groups in total. The highest BCUT2D eigenvalue weighted by Gasteiger charge is 2.15. The maximum atomic E-state index is 3.78. The number of hydrogen-bond acceptors (Lipinski definition) is 0. The summed E-state index contributed by atoms with van der Waals surface area (Å²) in [4.78, 5) is 0. The molecular weight excluding hydrogens is 187 g/mol. The smallest absolute Gasteiger partial charge is 0.0129 e. The van der Waals surface area contributed by atoms with Crippen molar-refractivity contribution in [3.8, 4) is 0 Å². The van der Waals surface area contributed by atoms with E-state index in [1.807, 2.05) is 25.7 Å². The van der Waals surface area contributed by atoms with Crippen molar-refractivity contribution in [3.63, 3.8) is 0 Å². The highest BCUT2D eigenvalue weighted by Crippen LogP contribution is 2.29. The molecule has 0 aromatic carbocycles. The average molecular weight is 212 g/mol. The van der Waals surface area contributed by atoms with E-state index < -0.39 is 0 Å². The Labute approximate surface area is 92.4 Å². The van der Waals surface area contributed by atoms with Gasteiger partial charge in [0.2, 0.25) is 0 Å². The van der Waals surface area contributed by atoms with Crippen LogP contribution < -0.4 is 0 Å². The molecule has 1 unspecified atom stereocenters. The highest BCUT2D eigenvalue weighted by molar-refractivity contribution is 7.20. The molecule has 0 radical (unpaired) electrons. The van der Waals surface area contributed by atoms with Crippen molar-refractivity contribution < 1.29 is 0 Å². The second-order valence-electron chi connectivity index (χ2n) is 3.91. The molecule has 0 rings (SSSR count). The van der Waals surface area contributed by atoms with Gasteiger partial charge in [0.1, 0.15) is 0 Å². The van der Waals surface area contributed by atoms with Gasteiger partial charge in [0.15, 0.2) is 0 Å². The van der Waals surface area contributed by atoms with Crippen LogP contribution in [0.3, 0.4) is 0 Å². The van der Waals surface area contributed by atoms with Crippen LogP contribution in [-0.2, 0) is 0 Å². The van der Waals surface area contributed by atoms with Crippen molar-refractivity contribution in [2.24, 2.45) is 5.41 Å². The lowest BCUT2D eigenvalue weighted by Gasteiger charge is -2.22. The highest BCUT2D eigenvalue weighted by atomic mass is 31.0. The van der Waals surface area contributed by atoms with E-state index in [0.717, 1.165) is 0 Å². The zero-order valence-electron chi connectivity index (χ0n) is 10.5. The summed E-state index contributed by atoms with van der Waals surface area (Å²) in [6.07, 6.45) is 4.03. The Kier molecular flexibility index (Phi) is 9.20. The van der Waals surface area contributed by atoms with E-state index in [9.17, 15) is 0 Å². The molecule has 1 atom stereocenters. The molecule has 0 fully saturated rings. The van der Waals surface area contributed by atoms with E-state index in [1.165, 1.54) is 11.1 Å². The van der Waals surface area contributed by atoms with Crippen molar-refractivity contribution in [1.82, 2.24) is 0 Å². The molecule has 0 aliphatic rings. The molecule has 0 saturated carbocycles. The van der Waals surface area contributed by atoms with Gasteiger partial charge in [-0.2, -0.15) is 0 Å². The standard InChI is InChI=1S/C11H19P.C2H6/c1-6-9(2)10(7-8-12)11(3,4)5;1-2/h6-8H,1,12H2,2-5H3;1-2H3/b8-7+,10-9-;. The molecule has 14 heavy (non-hydrogen) atoms. The first-order valence-electron chi connectivity index (χ1n) is 5.15. The lowest BCUT2D eigenvalue weighted by Crippen LogP contribution is -2.08.